The molecule has 1 aromatic carbocycles. The zero-order valence-corrected chi connectivity index (χ0v) is 12.2. The molecule has 0 aliphatic rings. The summed E-state index contributed by atoms with van der Waals surface area (Å²) in [5.41, 5.74) is 0.714. The van der Waals surface area contributed by atoms with Crippen LogP contribution >= 0.6 is 0 Å². The largest absolute Gasteiger partial charge is 0.433 e. The van der Waals surface area contributed by atoms with E-state index in [9.17, 15) is 17.6 Å². The number of nitrogens with zero attached hydrogens (tertiary/aromatic N) is 2. The van der Waals surface area contributed by atoms with Crippen LogP contribution in [0.25, 0.3) is 10.9 Å². The van der Waals surface area contributed by atoms with Gasteiger partial charge in [0, 0.05) is 42.8 Å². The van der Waals surface area contributed by atoms with Crippen molar-refractivity contribution in [3.63, 3.8) is 0 Å². The number of hydrogen-bond acceptors (Lipinski definition) is 2. The molecule has 0 radical (unpaired) electrons. The Balaban J connectivity index is 1.72. The number of hydrogen-bond donors (Lipinski definition) is 2. The van der Waals surface area contributed by atoms with Gasteiger partial charge < -0.3 is 10.3 Å². The maximum atomic E-state index is 13.9. The lowest BCUT2D eigenvalue weighted by Crippen LogP contribution is -2.14. The lowest BCUT2D eigenvalue weighted by atomic mass is 10.1. The number of nitrogens with one attached hydrogen (secondary N) is 2. The smallest absolute Gasteiger partial charge is 0.361 e. The molecule has 2 N–H and O–H groups in total. The summed E-state index contributed by atoms with van der Waals surface area (Å²) in [5.74, 6) is -0.360. The van der Waals surface area contributed by atoms with Crippen LogP contribution in [0.15, 0.2) is 30.5 Å². The Morgan fingerprint density at radius 3 is 2.70 bits per heavy atom. The molecule has 0 saturated carbocycles. The zero-order chi connectivity index (χ0) is 16.6. The van der Waals surface area contributed by atoms with Gasteiger partial charge in [-0.15, -0.1) is 0 Å². The van der Waals surface area contributed by atoms with Gasteiger partial charge >= 0.3 is 6.18 Å². The van der Waals surface area contributed by atoms with E-state index in [-0.39, 0.29) is 24.6 Å². The summed E-state index contributed by atoms with van der Waals surface area (Å²) in [6, 6.07) is 5.75. The number of aromatic amines is 1. The van der Waals surface area contributed by atoms with E-state index in [1.54, 1.807) is 18.3 Å². The minimum atomic E-state index is -4.44. The Kier molecular flexibility index (Phi) is 3.85. The number of alkyl halides is 3. The van der Waals surface area contributed by atoms with Crippen molar-refractivity contribution >= 4 is 10.9 Å². The summed E-state index contributed by atoms with van der Waals surface area (Å²) in [5, 5.41) is 7.50. The number of fused-ring (bicyclic) bond motifs is 1. The summed E-state index contributed by atoms with van der Waals surface area (Å²) in [4.78, 5) is 2.99. The number of halogens is 4. The molecule has 8 heteroatoms. The lowest BCUT2D eigenvalue weighted by molar-refractivity contribution is -0.143. The van der Waals surface area contributed by atoms with Crippen molar-refractivity contribution in [1.82, 2.24) is 20.1 Å². The van der Waals surface area contributed by atoms with Gasteiger partial charge in [-0.25, -0.2) is 4.39 Å². The van der Waals surface area contributed by atoms with Crippen LogP contribution in [0.1, 0.15) is 17.0 Å². The average Bonchev–Trinajstić information content (AvgIpc) is 3.07. The number of benzene rings is 1. The van der Waals surface area contributed by atoms with Crippen LogP contribution in [0.2, 0.25) is 0 Å². The number of aromatic nitrogens is 3. The minimum absolute atomic E-state index is 0.115. The van der Waals surface area contributed by atoms with Gasteiger partial charge in [0.05, 0.1) is 5.69 Å². The molecule has 4 nitrogen and oxygen atoms in total. The van der Waals surface area contributed by atoms with Gasteiger partial charge in [0.25, 0.3) is 0 Å². The van der Waals surface area contributed by atoms with E-state index in [1.807, 2.05) is 0 Å². The van der Waals surface area contributed by atoms with E-state index in [1.165, 1.54) is 13.1 Å². The Bertz CT molecular complexity index is 832. The molecule has 0 aliphatic heterocycles. The second-order valence-corrected chi connectivity index (χ2v) is 5.21. The Labute approximate surface area is 129 Å². The maximum absolute atomic E-state index is 13.9. The van der Waals surface area contributed by atoms with Gasteiger partial charge in [0.1, 0.15) is 11.5 Å². The fourth-order valence-electron chi connectivity index (χ4n) is 2.54. The first-order chi connectivity index (χ1) is 10.9. The molecular formula is C15H14F4N4. The first-order valence-corrected chi connectivity index (χ1v) is 6.91. The number of rotatable bonds is 4. The average molecular weight is 326 g/mol. The molecule has 0 spiro atoms. The molecule has 0 fully saturated rings. The highest BCUT2D eigenvalue weighted by Crippen LogP contribution is 2.29. The molecule has 3 rings (SSSR count). The second-order valence-electron chi connectivity index (χ2n) is 5.21. The van der Waals surface area contributed by atoms with Gasteiger partial charge in [-0.2, -0.15) is 18.3 Å². The molecule has 0 atom stereocenters. The Morgan fingerprint density at radius 2 is 2.00 bits per heavy atom. The maximum Gasteiger partial charge on any atom is 0.433 e. The summed E-state index contributed by atoms with van der Waals surface area (Å²) in [7, 11) is 1.24. The molecule has 0 bridgehead atoms. The molecule has 3 aromatic rings. The normalized spacial score (nSPS) is 12.2. The molecule has 23 heavy (non-hydrogen) atoms. The molecular weight excluding hydrogens is 312 g/mol. The van der Waals surface area contributed by atoms with Crippen LogP contribution < -0.4 is 5.32 Å². The summed E-state index contributed by atoms with van der Waals surface area (Å²) >= 11 is 0. The summed E-state index contributed by atoms with van der Waals surface area (Å²) in [6.07, 6.45) is -2.73. The molecule has 0 unspecified atom stereocenters. The molecule has 2 heterocycles. The summed E-state index contributed by atoms with van der Waals surface area (Å²) < 4.78 is 52.8. The van der Waals surface area contributed by atoms with Crippen molar-refractivity contribution in [2.45, 2.75) is 19.3 Å². The van der Waals surface area contributed by atoms with Crippen molar-refractivity contribution in [3.8, 4) is 0 Å². The molecule has 122 valence electrons. The Morgan fingerprint density at radius 1 is 1.22 bits per heavy atom. The summed E-state index contributed by atoms with van der Waals surface area (Å²) in [6.45, 7) is 0.309. The van der Waals surface area contributed by atoms with Gasteiger partial charge in [-0.1, -0.05) is 0 Å². The van der Waals surface area contributed by atoms with E-state index in [0.717, 1.165) is 21.7 Å². The van der Waals surface area contributed by atoms with Crippen LogP contribution in [0.5, 0.6) is 0 Å². The van der Waals surface area contributed by atoms with E-state index < -0.39 is 11.9 Å². The van der Waals surface area contributed by atoms with Crippen LogP contribution in [0, 0.1) is 5.82 Å². The molecule has 0 aliphatic carbocycles. The van der Waals surface area contributed by atoms with Crippen LogP contribution in [0.3, 0.4) is 0 Å². The van der Waals surface area contributed by atoms with Gasteiger partial charge in [-0.05, 0) is 24.3 Å². The van der Waals surface area contributed by atoms with Crippen molar-refractivity contribution in [3.05, 3.63) is 53.2 Å². The lowest BCUT2D eigenvalue weighted by Gasteiger charge is -2.06. The Hall–Kier alpha value is -2.35. The van der Waals surface area contributed by atoms with Crippen molar-refractivity contribution in [1.29, 1.82) is 0 Å². The predicted molar refractivity (Wildman–Crippen MR) is 77.0 cm³/mol. The quantitative estimate of drug-likeness (QED) is 0.722. The number of aryl methyl sites for hydroxylation is 1. The fraction of sp³-hybridized carbons (Fsp3) is 0.267. The highest BCUT2D eigenvalue weighted by Gasteiger charge is 2.34. The first kappa shape index (κ1) is 15.5. The van der Waals surface area contributed by atoms with Gasteiger partial charge in [-0.3, -0.25) is 4.68 Å². The third kappa shape index (κ3) is 3.07. The SMILES string of the molecule is Cn1nc(CNCc2c(F)ccc3[nH]ccc23)cc1C(F)(F)F. The molecule has 0 amide bonds. The van der Waals surface area contributed by atoms with E-state index in [0.29, 0.717) is 5.56 Å². The fourth-order valence-corrected chi connectivity index (χ4v) is 2.54. The first-order valence-electron chi connectivity index (χ1n) is 6.91. The second kappa shape index (κ2) is 5.69. The van der Waals surface area contributed by atoms with E-state index in [4.69, 9.17) is 0 Å². The highest BCUT2D eigenvalue weighted by atomic mass is 19.4. The van der Waals surface area contributed by atoms with Crippen LogP contribution in [-0.4, -0.2) is 14.8 Å². The van der Waals surface area contributed by atoms with Crippen LogP contribution in [0.4, 0.5) is 17.6 Å². The van der Waals surface area contributed by atoms with Crippen molar-refractivity contribution in [2.24, 2.45) is 7.05 Å². The zero-order valence-electron chi connectivity index (χ0n) is 12.2. The third-order valence-electron chi connectivity index (χ3n) is 3.62. The van der Waals surface area contributed by atoms with Gasteiger partial charge in [0.2, 0.25) is 0 Å². The highest BCUT2D eigenvalue weighted by molar-refractivity contribution is 5.83. The monoisotopic (exact) mass is 326 g/mol. The number of H-pyrrole nitrogens is 1. The molecule has 2 aromatic heterocycles. The van der Waals surface area contributed by atoms with Crippen LogP contribution in [-0.2, 0) is 26.3 Å². The predicted octanol–water partition coefficient (Wildman–Crippen LogP) is 3.35. The standard InChI is InChI=1S/C15H14F4N4/c1-23-14(15(17,18)19)6-9(22-23)7-20-8-11-10-4-5-21-13(10)3-2-12(11)16/h2-6,20-21H,7-8H2,1H3. The molecule has 0 saturated heterocycles. The third-order valence-corrected chi connectivity index (χ3v) is 3.62. The van der Waals surface area contributed by atoms with E-state index in [2.05, 4.69) is 15.4 Å². The van der Waals surface area contributed by atoms with Crippen molar-refractivity contribution in [2.75, 3.05) is 0 Å². The van der Waals surface area contributed by atoms with E-state index >= 15 is 0 Å². The van der Waals surface area contributed by atoms with Crippen molar-refractivity contribution < 1.29 is 17.6 Å². The minimum Gasteiger partial charge on any atom is -0.361 e. The topological polar surface area (TPSA) is 45.6 Å². The van der Waals surface area contributed by atoms with Gasteiger partial charge in [0.15, 0.2) is 0 Å².